The molecule has 1 N–H and O–H groups in total. The van der Waals surface area contributed by atoms with E-state index < -0.39 is 5.97 Å². The van der Waals surface area contributed by atoms with Gasteiger partial charge in [-0.3, -0.25) is 0 Å². The van der Waals surface area contributed by atoms with E-state index in [-0.39, 0.29) is 6.61 Å². The van der Waals surface area contributed by atoms with E-state index in [9.17, 15) is 4.79 Å². The van der Waals surface area contributed by atoms with E-state index in [1.807, 2.05) is 0 Å². The summed E-state index contributed by atoms with van der Waals surface area (Å²) < 4.78 is 15.4. The molecule has 0 amide bonds. The van der Waals surface area contributed by atoms with Crippen LogP contribution in [-0.4, -0.2) is 30.6 Å². The van der Waals surface area contributed by atoms with Crippen molar-refractivity contribution in [1.82, 2.24) is 0 Å². The fourth-order valence-corrected chi connectivity index (χ4v) is 1.99. The van der Waals surface area contributed by atoms with E-state index in [1.54, 1.807) is 32.0 Å². The number of carbonyl (C=O) groups excluding carboxylic acids is 1. The zero-order valence-electron chi connectivity index (χ0n) is 11.5. The number of nitrogens with zero attached hydrogens (tertiary/aromatic N) is 1. The lowest BCUT2D eigenvalue weighted by molar-refractivity contribution is -0.142. The normalized spacial score (nSPS) is 11.7. The molecular formula is C14H15NO5. The lowest BCUT2D eigenvalue weighted by Gasteiger charge is -2.04. The molecule has 1 aromatic carbocycles. The summed E-state index contributed by atoms with van der Waals surface area (Å²) in [7, 11) is 1.30. The Bertz CT molecular complexity index is 671. The molecule has 0 aliphatic rings. The Morgan fingerprint density at radius 1 is 1.45 bits per heavy atom. The Morgan fingerprint density at radius 3 is 2.85 bits per heavy atom. The van der Waals surface area contributed by atoms with Crippen LogP contribution >= 0.6 is 0 Å². The van der Waals surface area contributed by atoms with E-state index in [2.05, 4.69) is 9.89 Å². The van der Waals surface area contributed by atoms with Gasteiger partial charge in [0.05, 0.1) is 12.8 Å². The van der Waals surface area contributed by atoms with Crippen LogP contribution in [0.3, 0.4) is 0 Å². The highest BCUT2D eigenvalue weighted by Crippen LogP contribution is 2.29. The van der Waals surface area contributed by atoms with Crippen molar-refractivity contribution in [1.29, 1.82) is 0 Å². The molecule has 2 rings (SSSR count). The molecule has 0 radical (unpaired) electrons. The maximum absolute atomic E-state index is 11.1. The van der Waals surface area contributed by atoms with Crippen molar-refractivity contribution in [3.8, 4) is 5.75 Å². The molecular weight excluding hydrogens is 262 g/mol. The molecule has 0 spiro atoms. The number of rotatable bonds is 4. The van der Waals surface area contributed by atoms with Crippen LogP contribution in [0.5, 0.6) is 5.75 Å². The highest BCUT2D eigenvalue weighted by atomic mass is 16.6. The van der Waals surface area contributed by atoms with Gasteiger partial charge in [-0.15, -0.1) is 0 Å². The molecule has 0 saturated carbocycles. The minimum Gasteiger partial charge on any atom is -0.482 e. The molecule has 0 fully saturated rings. The minimum atomic E-state index is -0.457. The molecule has 0 aliphatic carbocycles. The lowest BCUT2D eigenvalue weighted by atomic mass is 10.1. The molecule has 0 bridgehead atoms. The second-order valence-corrected chi connectivity index (χ2v) is 4.24. The fraction of sp³-hybridized carbons (Fsp3) is 0.286. The molecule has 6 nitrogen and oxygen atoms in total. The number of benzene rings is 1. The number of fused-ring (bicyclic) bond motifs is 1. The van der Waals surface area contributed by atoms with Crippen molar-refractivity contribution in [2.75, 3.05) is 13.7 Å². The van der Waals surface area contributed by atoms with E-state index in [0.29, 0.717) is 28.4 Å². The molecule has 0 aliphatic heterocycles. The number of oxime groups is 1. The Kier molecular flexibility index (Phi) is 3.93. The molecule has 6 heteroatoms. The van der Waals surface area contributed by atoms with Crippen LogP contribution in [0.1, 0.15) is 18.2 Å². The molecule has 20 heavy (non-hydrogen) atoms. The number of methoxy groups -OCH3 is 1. The van der Waals surface area contributed by atoms with E-state index in [4.69, 9.17) is 14.4 Å². The van der Waals surface area contributed by atoms with Crippen LogP contribution in [0.4, 0.5) is 0 Å². The van der Waals surface area contributed by atoms with Crippen molar-refractivity contribution in [2.24, 2.45) is 5.16 Å². The van der Waals surface area contributed by atoms with Crippen LogP contribution in [0.15, 0.2) is 27.8 Å². The molecule has 2 aromatic rings. The lowest BCUT2D eigenvalue weighted by Crippen LogP contribution is -2.12. The summed E-state index contributed by atoms with van der Waals surface area (Å²) in [5.74, 6) is 0.706. The largest absolute Gasteiger partial charge is 0.482 e. The third-order valence-electron chi connectivity index (χ3n) is 2.93. The average molecular weight is 277 g/mol. The van der Waals surface area contributed by atoms with Gasteiger partial charge in [0, 0.05) is 10.9 Å². The zero-order chi connectivity index (χ0) is 14.7. The van der Waals surface area contributed by atoms with Crippen molar-refractivity contribution in [3.63, 3.8) is 0 Å². The Labute approximate surface area is 115 Å². The molecule has 0 unspecified atom stereocenters. The average Bonchev–Trinajstić information content (AvgIpc) is 2.79. The van der Waals surface area contributed by atoms with E-state index in [0.717, 1.165) is 5.39 Å². The molecule has 1 heterocycles. The third-order valence-corrected chi connectivity index (χ3v) is 2.93. The number of aryl methyl sites for hydroxylation is 1. The first-order chi connectivity index (χ1) is 9.56. The van der Waals surface area contributed by atoms with Gasteiger partial charge in [0.1, 0.15) is 17.1 Å². The number of ether oxygens (including phenoxy) is 2. The van der Waals surface area contributed by atoms with E-state index >= 15 is 0 Å². The summed E-state index contributed by atoms with van der Waals surface area (Å²) in [6.45, 7) is 3.31. The first-order valence-corrected chi connectivity index (χ1v) is 5.98. The monoisotopic (exact) mass is 277 g/mol. The maximum Gasteiger partial charge on any atom is 0.343 e. The molecule has 1 aromatic heterocycles. The summed E-state index contributed by atoms with van der Waals surface area (Å²) in [6.07, 6.45) is 0. The van der Waals surface area contributed by atoms with Crippen LogP contribution < -0.4 is 4.74 Å². The first-order valence-electron chi connectivity index (χ1n) is 5.98. The van der Waals surface area contributed by atoms with Crippen molar-refractivity contribution in [2.45, 2.75) is 13.8 Å². The SMILES string of the molecule is COC(=O)COc1ccc2oc(C)c(/C(C)=N/O)c2c1. The van der Waals surface area contributed by atoms with Gasteiger partial charge in [0.25, 0.3) is 0 Å². The second kappa shape index (κ2) is 5.64. The summed E-state index contributed by atoms with van der Waals surface area (Å²) >= 11 is 0. The Morgan fingerprint density at radius 2 is 2.20 bits per heavy atom. The summed E-state index contributed by atoms with van der Waals surface area (Å²) in [4.78, 5) is 11.1. The third kappa shape index (κ3) is 2.59. The number of hydrogen-bond acceptors (Lipinski definition) is 6. The summed E-state index contributed by atoms with van der Waals surface area (Å²) in [5.41, 5.74) is 1.82. The van der Waals surface area contributed by atoms with Gasteiger partial charge in [0.2, 0.25) is 0 Å². The second-order valence-electron chi connectivity index (χ2n) is 4.24. The topological polar surface area (TPSA) is 81.3 Å². The van der Waals surface area contributed by atoms with Crippen molar-refractivity contribution >= 4 is 22.7 Å². The number of esters is 1. The molecule has 0 atom stereocenters. The standard InChI is InChI=1S/C14H15NO5/c1-8(15-17)14-9(2)20-12-5-4-10(6-11(12)14)19-7-13(16)18-3/h4-6,17H,7H2,1-3H3/b15-8+. The van der Waals surface area contributed by atoms with Gasteiger partial charge < -0.3 is 19.1 Å². The van der Waals surface area contributed by atoms with Gasteiger partial charge >= 0.3 is 5.97 Å². The number of carbonyl (C=O) groups is 1. The van der Waals surface area contributed by atoms with Gasteiger partial charge in [-0.25, -0.2) is 4.79 Å². The summed E-state index contributed by atoms with van der Waals surface area (Å²) in [5, 5.41) is 12.9. The quantitative estimate of drug-likeness (QED) is 0.402. The first kappa shape index (κ1) is 13.9. The maximum atomic E-state index is 11.1. The van der Waals surface area contributed by atoms with Crippen LogP contribution in [0.2, 0.25) is 0 Å². The van der Waals surface area contributed by atoms with Gasteiger partial charge in [-0.2, -0.15) is 0 Å². The molecule has 106 valence electrons. The Hall–Kier alpha value is -2.50. The minimum absolute atomic E-state index is 0.165. The van der Waals surface area contributed by atoms with Crippen molar-refractivity contribution in [3.05, 3.63) is 29.5 Å². The van der Waals surface area contributed by atoms with Gasteiger partial charge in [0.15, 0.2) is 6.61 Å². The smallest absolute Gasteiger partial charge is 0.343 e. The van der Waals surface area contributed by atoms with Gasteiger partial charge in [-0.1, -0.05) is 5.16 Å². The predicted octanol–water partition coefficient (Wildman–Crippen LogP) is 2.49. The summed E-state index contributed by atoms with van der Waals surface area (Å²) in [6, 6.07) is 5.17. The Balaban J connectivity index is 2.39. The highest BCUT2D eigenvalue weighted by molar-refractivity contribution is 6.10. The van der Waals surface area contributed by atoms with Crippen LogP contribution in [-0.2, 0) is 9.53 Å². The van der Waals surface area contributed by atoms with Crippen LogP contribution in [0.25, 0.3) is 11.0 Å². The zero-order valence-corrected chi connectivity index (χ0v) is 11.5. The molecule has 0 saturated heterocycles. The van der Waals surface area contributed by atoms with E-state index in [1.165, 1.54) is 7.11 Å². The van der Waals surface area contributed by atoms with Crippen molar-refractivity contribution < 1.29 is 23.9 Å². The number of hydrogen-bond donors (Lipinski definition) is 1. The predicted molar refractivity (Wildman–Crippen MR) is 72.5 cm³/mol. The fourth-order valence-electron chi connectivity index (χ4n) is 1.99. The van der Waals surface area contributed by atoms with Gasteiger partial charge in [-0.05, 0) is 32.0 Å². The highest BCUT2D eigenvalue weighted by Gasteiger charge is 2.15. The number of furan rings is 1. The van der Waals surface area contributed by atoms with Crippen LogP contribution in [0, 0.1) is 6.92 Å².